The molecule has 4 nitrogen and oxygen atoms in total. The van der Waals surface area contributed by atoms with Gasteiger partial charge in [-0.15, -0.1) is 11.8 Å². The Morgan fingerprint density at radius 2 is 2.20 bits per heavy atom. The van der Waals surface area contributed by atoms with Crippen molar-refractivity contribution in [2.75, 3.05) is 11.5 Å². The van der Waals surface area contributed by atoms with Crippen molar-refractivity contribution in [3.63, 3.8) is 0 Å². The largest absolute Gasteiger partial charge is 0.480 e. The fourth-order valence-electron chi connectivity index (χ4n) is 1.67. The Balaban J connectivity index is 2.87. The van der Waals surface area contributed by atoms with E-state index in [9.17, 15) is 9.59 Å². The van der Waals surface area contributed by atoms with Gasteiger partial charge in [0.1, 0.15) is 6.04 Å². The van der Waals surface area contributed by atoms with E-state index in [0.29, 0.717) is 11.5 Å². The minimum atomic E-state index is -0.930. The van der Waals surface area contributed by atoms with Crippen LogP contribution < -0.4 is 0 Å². The molecule has 0 saturated carbocycles. The summed E-state index contributed by atoms with van der Waals surface area (Å²) in [5.74, 6) is -0.156. The van der Waals surface area contributed by atoms with Crippen molar-refractivity contribution in [1.82, 2.24) is 4.90 Å². The third kappa shape index (κ3) is 2.60. The number of nitrogens with zero attached hydrogens (tertiary/aromatic N) is 1. The van der Waals surface area contributed by atoms with Crippen LogP contribution in [0.3, 0.4) is 0 Å². The Bertz CT molecular complexity index is 281. The molecule has 1 atom stereocenters. The average molecular weight is 249 g/mol. The van der Waals surface area contributed by atoms with Gasteiger partial charge in [0.15, 0.2) is 0 Å². The van der Waals surface area contributed by atoms with E-state index >= 15 is 0 Å². The Morgan fingerprint density at radius 1 is 1.60 bits per heavy atom. The highest BCUT2D eigenvalue weighted by Crippen LogP contribution is 2.39. The normalized spacial score (nSPS) is 24.2. The maximum atomic E-state index is 11.8. The van der Waals surface area contributed by atoms with Gasteiger partial charge < -0.3 is 10.0 Å². The van der Waals surface area contributed by atoms with Gasteiger partial charge in [0.25, 0.3) is 0 Å². The summed E-state index contributed by atoms with van der Waals surface area (Å²) in [5.41, 5.74) is 0. The predicted octanol–water partition coefficient (Wildman–Crippen LogP) is 1.07. The molecule has 1 fully saturated rings. The molecule has 1 N–H and O–H groups in total. The summed E-state index contributed by atoms with van der Waals surface area (Å²) >= 11 is 5.49. The molecule has 1 rings (SSSR count). The van der Waals surface area contributed by atoms with E-state index in [1.54, 1.807) is 0 Å². The molecule has 0 spiro atoms. The SMILES string of the molecule is CC1(C)SCC(C(=O)O)N1C(=O)CCS. The standard InChI is InChI=1S/C9H15NO3S2/c1-9(2)10(7(11)3-4-14)6(5-15-9)8(12)13/h6,14H,3-5H2,1-2H3,(H,12,13). The second kappa shape index (κ2) is 4.65. The van der Waals surface area contributed by atoms with Crippen LogP contribution in [-0.2, 0) is 9.59 Å². The molecule has 0 bridgehead atoms. The Morgan fingerprint density at radius 3 is 2.67 bits per heavy atom. The minimum Gasteiger partial charge on any atom is -0.480 e. The summed E-state index contributed by atoms with van der Waals surface area (Å²) in [6.07, 6.45) is 0.289. The molecule has 1 aliphatic rings. The third-order valence-corrected chi connectivity index (χ3v) is 3.97. The predicted molar refractivity (Wildman–Crippen MR) is 63.3 cm³/mol. The van der Waals surface area contributed by atoms with Crippen molar-refractivity contribution in [1.29, 1.82) is 0 Å². The topological polar surface area (TPSA) is 57.6 Å². The van der Waals surface area contributed by atoms with Crippen molar-refractivity contribution in [3.8, 4) is 0 Å². The lowest BCUT2D eigenvalue weighted by Gasteiger charge is -2.33. The molecule has 1 heterocycles. The molecule has 6 heteroatoms. The van der Waals surface area contributed by atoms with Crippen LogP contribution in [0.1, 0.15) is 20.3 Å². The monoisotopic (exact) mass is 249 g/mol. The number of carboxylic acids is 1. The number of amides is 1. The Kier molecular flexibility index (Phi) is 3.94. The molecule has 1 amide bonds. The fourth-order valence-corrected chi connectivity index (χ4v) is 3.09. The highest BCUT2D eigenvalue weighted by Gasteiger charge is 2.46. The average Bonchev–Trinajstić information content (AvgIpc) is 2.41. The van der Waals surface area contributed by atoms with E-state index in [1.807, 2.05) is 13.8 Å². The van der Waals surface area contributed by atoms with Crippen molar-refractivity contribution in [3.05, 3.63) is 0 Å². The molecule has 0 radical (unpaired) electrons. The highest BCUT2D eigenvalue weighted by molar-refractivity contribution is 8.00. The second-order valence-corrected chi connectivity index (χ2v) is 5.92. The van der Waals surface area contributed by atoms with E-state index in [4.69, 9.17) is 5.11 Å². The Labute approximate surface area is 98.8 Å². The number of rotatable bonds is 3. The maximum Gasteiger partial charge on any atom is 0.327 e. The van der Waals surface area contributed by atoms with Crippen molar-refractivity contribution < 1.29 is 14.7 Å². The number of carbonyl (C=O) groups is 2. The summed E-state index contributed by atoms with van der Waals surface area (Å²) in [6.45, 7) is 3.74. The molecule has 15 heavy (non-hydrogen) atoms. The minimum absolute atomic E-state index is 0.132. The number of carbonyl (C=O) groups excluding carboxylic acids is 1. The zero-order chi connectivity index (χ0) is 11.6. The van der Waals surface area contributed by atoms with Crippen LogP contribution in [0.4, 0.5) is 0 Å². The van der Waals surface area contributed by atoms with Gasteiger partial charge in [-0.2, -0.15) is 12.6 Å². The number of hydrogen-bond acceptors (Lipinski definition) is 4. The van der Waals surface area contributed by atoms with E-state index in [1.165, 1.54) is 16.7 Å². The van der Waals surface area contributed by atoms with Crippen LogP contribution >= 0.6 is 24.4 Å². The fraction of sp³-hybridized carbons (Fsp3) is 0.778. The molecular weight excluding hydrogens is 234 g/mol. The van der Waals surface area contributed by atoms with Crippen LogP contribution in [0.5, 0.6) is 0 Å². The maximum absolute atomic E-state index is 11.8. The molecule has 0 aliphatic carbocycles. The van der Waals surface area contributed by atoms with Gasteiger partial charge in [0.2, 0.25) is 5.91 Å². The van der Waals surface area contributed by atoms with Gasteiger partial charge in [-0.1, -0.05) is 0 Å². The van der Waals surface area contributed by atoms with E-state index in [2.05, 4.69) is 12.6 Å². The van der Waals surface area contributed by atoms with Crippen LogP contribution in [0, 0.1) is 0 Å². The lowest BCUT2D eigenvalue weighted by molar-refractivity contribution is -0.150. The molecule has 0 aromatic rings. The molecular formula is C9H15NO3S2. The first-order chi connectivity index (χ1) is 6.90. The molecule has 0 aromatic heterocycles. The van der Waals surface area contributed by atoms with Crippen LogP contribution in [0.25, 0.3) is 0 Å². The van der Waals surface area contributed by atoms with Crippen LogP contribution in [0.15, 0.2) is 0 Å². The van der Waals surface area contributed by atoms with Gasteiger partial charge in [0, 0.05) is 12.2 Å². The van der Waals surface area contributed by atoms with Crippen molar-refractivity contribution in [2.24, 2.45) is 0 Å². The number of carboxylic acid groups (broad SMARTS) is 1. The molecule has 1 unspecified atom stereocenters. The van der Waals surface area contributed by atoms with Gasteiger partial charge in [-0.25, -0.2) is 4.79 Å². The molecule has 1 aliphatic heterocycles. The quantitative estimate of drug-likeness (QED) is 0.735. The van der Waals surface area contributed by atoms with Crippen LogP contribution in [0.2, 0.25) is 0 Å². The number of thiol groups is 1. The number of thioether (sulfide) groups is 1. The Hall–Kier alpha value is -0.360. The third-order valence-electron chi connectivity index (χ3n) is 2.37. The van der Waals surface area contributed by atoms with Crippen molar-refractivity contribution >= 4 is 36.3 Å². The van der Waals surface area contributed by atoms with E-state index < -0.39 is 16.9 Å². The summed E-state index contributed by atoms with van der Waals surface area (Å²) < 4.78 is 0. The zero-order valence-corrected chi connectivity index (χ0v) is 10.5. The second-order valence-electron chi connectivity index (χ2n) is 3.85. The summed E-state index contributed by atoms with van der Waals surface area (Å²) in [4.78, 5) is 23.8. The molecule has 0 aromatic carbocycles. The van der Waals surface area contributed by atoms with Gasteiger partial charge in [0.05, 0.1) is 4.87 Å². The van der Waals surface area contributed by atoms with Gasteiger partial charge in [-0.3, -0.25) is 4.79 Å². The highest BCUT2D eigenvalue weighted by atomic mass is 32.2. The lowest BCUT2D eigenvalue weighted by Crippen LogP contribution is -2.49. The summed E-state index contributed by atoms with van der Waals surface area (Å²) in [7, 11) is 0. The summed E-state index contributed by atoms with van der Waals surface area (Å²) in [5, 5.41) is 9.01. The molecule has 86 valence electrons. The van der Waals surface area contributed by atoms with Crippen LogP contribution in [-0.4, -0.2) is 44.3 Å². The zero-order valence-electron chi connectivity index (χ0n) is 8.77. The number of hydrogen-bond donors (Lipinski definition) is 2. The lowest BCUT2D eigenvalue weighted by atomic mass is 10.2. The van der Waals surface area contributed by atoms with E-state index in [0.717, 1.165) is 0 Å². The van der Waals surface area contributed by atoms with Gasteiger partial charge >= 0.3 is 5.97 Å². The first-order valence-electron chi connectivity index (χ1n) is 4.70. The first-order valence-corrected chi connectivity index (χ1v) is 6.31. The van der Waals surface area contributed by atoms with Gasteiger partial charge in [-0.05, 0) is 19.6 Å². The van der Waals surface area contributed by atoms with E-state index in [-0.39, 0.29) is 12.3 Å². The molecule has 1 saturated heterocycles. The smallest absolute Gasteiger partial charge is 0.327 e. The number of aliphatic carboxylic acids is 1. The first kappa shape index (κ1) is 12.7. The van der Waals surface area contributed by atoms with Crippen molar-refractivity contribution in [2.45, 2.75) is 31.2 Å². The summed E-state index contributed by atoms with van der Waals surface area (Å²) in [6, 6.07) is -0.697.